The molecule has 2 aromatic carbocycles. The van der Waals surface area contributed by atoms with Crippen LogP contribution in [0.1, 0.15) is 48.2 Å². The molecule has 38 heavy (non-hydrogen) atoms. The van der Waals surface area contributed by atoms with Crippen LogP contribution in [0.15, 0.2) is 61.2 Å². The lowest BCUT2D eigenvalue weighted by atomic mass is 9.79. The van der Waals surface area contributed by atoms with Crippen LogP contribution >= 0.6 is 11.6 Å². The minimum Gasteiger partial charge on any atom is -0.468 e. The van der Waals surface area contributed by atoms with Crippen molar-refractivity contribution in [1.82, 2.24) is 24.8 Å². The van der Waals surface area contributed by atoms with Crippen LogP contribution in [0, 0.1) is 5.82 Å². The number of nitrogens with one attached hydrogen (secondary N) is 2. The van der Waals surface area contributed by atoms with E-state index < -0.39 is 11.9 Å². The zero-order chi connectivity index (χ0) is 26.2. The van der Waals surface area contributed by atoms with Gasteiger partial charge in [-0.25, -0.2) is 9.37 Å². The average molecular weight is 536 g/mol. The predicted molar refractivity (Wildman–Crippen MR) is 144 cm³/mol. The number of imidazole rings is 1. The molecule has 2 aromatic heterocycles. The van der Waals surface area contributed by atoms with Crippen LogP contribution in [0.3, 0.4) is 0 Å². The van der Waals surface area contributed by atoms with Gasteiger partial charge in [0, 0.05) is 54.0 Å². The van der Waals surface area contributed by atoms with Crippen LogP contribution in [0.4, 0.5) is 4.39 Å². The molecule has 4 heterocycles. The molecule has 2 aliphatic heterocycles. The van der Waals surface area contributed by atoms with Gasteiger partial charge >= 0.3 is 5.97 Å². The number of aryl methyl sites for hydroxylation is 1. The fourth-order valence-electron chi connectivity index (χ4n) is 6.34. The molecule has 1 saturated heterocycles. The van der Waals surface area contributed by atoms with Crippen molar-refractivity contribution in [3.05, 3.63) is 88.8 Å². The number of nitrogens with zero attached hydrogens (tertiary/aromatic N) is 3. The van der Waals surface area contributed by atoms with E-state index in [-0.39, 0.29) is 29.1 Å². The van der Waals surface area contributed by atoms with Crippen molar-refractivity contribution in [2.75, 3.05) is 13.7 Å². The van der Waals surface area contributed by atoms with Crippen molar-refractivity contribution in [3.63, 3.8) is 0 Å². The molecular formula is C29H31ClFN5O2. The molecule has 4 unspecified atom stereocenters. The first-order valence-electron chi connectivity index (χ1n) is 13.1. The van der Waals surface area contributed by atoms with Crippen molar-refractivity contribution < 1.29 is 13.9 Å². The topological polar surface area (TPSA) is 75.2 Å². The van der Waals surface area contributed by atoms with E-state index in [1.165, 1.54) is 18.7 Å². The maximum atomic E-state index is 14.7. The lowest BCUT2D eigenvalue weighted by Gasteiger charge is -2.50. The number of hydrogen-bond acceptors (Lipinski definition) is 5. The Morgan fingerprint density at radius 2 is 2.08 bits per heavy atom. The van der Waals surface area contributed by atoms with Crippen LogP contribution in [0.5, 0.6) is 0 Å². The van der Waals surface area contributed by atoms with Gasteiger partial charge in [0.05, 0.1) is 24.5 Å². The van der Waals surface area contributed by atoms with Gasteiger partial charge in [-0.15, -0.1) is 0 Å². The third-order valence-electron chi connectivity index (χ3n) is 8.06. The molecule has 2 aliphatic rings. The minimum absolute atomic E-state index is 0.0566. The van der Waals surface area contributed by atoms with Crippen LogP contribution in [0.25, 0.3) is 10.9 Å². The molecular weight excluding hydrogens is 505 g/mol. The maximum Gasteiger partial charge on any atom is 0.323 e. The summed E-state index contributed by atoms with van der Waals surface area (Å²) >= 11 is 6.04. The zero-order valence-corrected chi connectivity index (χ0v) is 22.0. The number of para-hydroxylation sites is 1. The van der Waals surface area contributed by atoms with Crippen molar-refractivity contribution in [3.8, 4) is 0 Å². The number of hydrogen-bond donors (Lipinski definition) is 2. The van der Waals surface area contributed by atoms with Crippen LogP contribution in [-0.4, -0.2) is 51.1 Å². The van der Waals surface area contributed by atoms with Crippen LogP contribution < -0.4 is 5.32 Å². The summed E-state index contributed by atoms with van der Waals surface area (Å²) in [5.74, 6) is -0.717. The number of aromatic nitrogens is 3. The largest absolute Gasteiger partial charge is 0.468 e. The second kappa shape index (κ2) is 10.5. The van der Waals surface area contributed by atoms with Crippen molar-refractivity contribution in [2.24, 2.45) is 0 Å². The van der Waals surface area contributed by atoms with Gasteiger partial charge in [0.1, 0.15) is 11.9 Å². The molecule has 0 bridgehead atoms. The normalized spacial score (nSPS) is 23.2. The summed E-state index contributed by atoms with van der Waals surface area (Å²) in [5, 5.41) is 4.99. The number of carbonyl (C=O) groups is 1. The minimum atomic E-state index is -0.470. The first-order chi connectivity index (χ1) is 18.5. The highest BCUT2D eigenvalue weighted by Gasteiger charge is 2.48. The molecule has 0 amide bonds. The highest BCUT2D eigenvalue weighted by Crippen LogP contribution is 2.49. The molecule has 4 aromatic rings. The summed E-state index contributed by atoms with van der Waals surface area (Å²) in [7, 11) is 1.44. The second-order valence-corrected chi connectivity index (χ2v) is 10.6. The molecule has 6 rings (SSSR count). The number of benzene rings is 2. The van der Waals surface area contributed by atoms with E-state index in [2.05, 4.69) is 36.9 Å². The number of methoxy groups -OCH3 is 1. The molecule has 0 aliphatic carbocycles. The number of H-pyrrole nitrogens is 1. The predicted octanol–water partition coefficient (Wildman–Crippen LogP) is 5.18. The van der Waals surface area contributed by atoms with Gasteiger partial charge in [-0.2, -0.15) is 0 Å². The highest BCUT2D eigenvalue weighted by molar-refractivity contribution is 6.30. The quantitative estimate of drug-likeness (QED) is 0.252. The molecule has 2 N–H and O–H groups in total. The number of halogens is 2. The summed E-state index contributed by atoms with van der Waals surface area (Å²) in [5.41, 5.74) is 4.18. The Morgan fingerprint density at radius 3 is 2.87 bits per heavy atom. The molecule has 0 spiro atoms. The fraction of sp³-hybridized carbons (Fsp3) is 0.379. The number of esters is 1. The summed E-state index contributed by atoms with van der Waals surface area (Å²) in [6, 6.07) is 12.7. The van der Waals surface area contributed by atoms with Gasteiger partial charge < -0.3 is 19.6 Å². The third-order valence-corrected chi connectivity index (χ3v) is 8.37. The fourth-order valence-corrected chi connectivity index (χ4v) is 6.46. The SMILES string of the molecule is COC(=O)C1Cc2c([nH]c3ccccc23)C2CC(NCCCn3ccnc3)CC(c3ccc(Cl)c(F)c3)N12. The van der Waals surface area contributed by atoms with E-state index in [0.717, 1.165) is 54.5 Å². The van der Waals surface area contributed by atoms with Crippen molar-refractivity contribution >= 4 is 28.5 Å². The van der Waals surface area contributed by atoms with Gasteiger partial charge in [-0.3, -0.25) is 9.69 Å². The van der Waals surface area contributed by atoms with Crippen molar-refractivity contribution in [1.29, 1.82) is 0 Å². The molecule has 7 nitrogen and oxygen atoms in total. The molecule has 9 heteroatoms. The van der Waals surface area contributed by atoms with Gasteiger partial charge in [-0.1, -0.05) is 35.9 Å². The summed E-state index contributed by atoms with van der Waals surface area (Å²) in [4.78, 5) is 23.2. The Kier molecular flexibility index (Phi) is 6.95. The van der Waals surface area contributed by atoms with E-state index in [1.54, 1.807) is 12.3 Å². The number of ether oxygens (including phenoxy) is 1. The van der Waals surface area contributed by atoms with Gasteiger partial charge in [0.2, 0.25) is 0 Å². The molecule has 4 atom stereocenters. The third kappa shape index (κ3) is 4.61. The maximum absolute atomic E-state index is 14.7. The standard InChI is InChI=1S/C29H31ClFN5O2/c1-38-29(37)27-16-21-20-5-2-3-6-24(20)34-28(21)26-15-19(33-9-4-11-35-12-10-32-17-35)14-25(36(26)27)18-7-8-22(30)23(31)13-18/h2-3,5-8,10,12-13,17,19,25-27,33-34H,4,9,11,14-16H2,1H3. The second-order valence-electron chi connectivity index (χ2n) is 10.2. The van der Waals surface area contributed by atoms with Gasteiger partial charge in [-0.05, 0) is 55.1 Å². The first kappa shape index (κ1) is 25.1. The Balaban J connectivity index is 1.36. The zero-order valence-electron chi connectivity index (χ0n) is 21.2. The smallest absolute Gasteiger partial charge is 0.323 e. The lowest BCUT2D eigenvalue weighted by molar-refractivity contribution is -0.152. The molecule has 1 fully saturated rings. The van der Waals surface area contributed by atoms with Crippen molar-refractivity contribution in [2.45, 2.75) is 56.4 Å². The van der Waals surface area contributed by atoms with E-state index in [4.69, 9.17) is 16.3 Å². The molecule has 0 radical (unpaired) electrons. The summed E-state index contributed by atoms with van der Waals surface area (Å²) in [6.45, 7) is 1.73. The molecule has 198 valence electrons. The van der Waals surface area contributed by atoms with E-state index in [0.29, 0.717) is 6.42 Å². The first-order valence-corrected chi connectivity index (χ1v) is 13.5. The number of rotatable bonds is 7. The number of fused-ring (bicyclic) bond motifs is 5. The van der Waals surface area contributed by atoms with Crippen LogP contribution in [-0.2, 0) is 22.5 Å². The van der Waals surface area contributed by atoms with Crippen LogP contribution in [0.2, 0.25) is 5.02 Å². The Labute approximate surface area is 225 Å². The number of carbonyl (C=O) groups excluding carboxylic acids is 1. The van der Waals surface area contributed by atoms with E-state index in [9.17, 15) is 9.18 Å². The van der Waals surface area contributed by atoms with Gasteiger partial charge in [0.25, 0.3) is 0 Å². The summed E-state index contributed by atoms with van der Waals surface area (Å²) in [6.07, 6.45) is 8.66. The highest BCUT2D eigenvalue weighted by atomic mass is 35.5. The monoisotopic (exact) mass is 535 g/mol. The summed E-state index contributed by atoms with van der Waals surface area (Å²) < 4.78 is 22.0. The number of aromatic amines is 1. The number of piperidine rings is 1. The average Bonchev–Trinajstić information content (AvgIpc) is 3.59. The van der Waals surface area contributed by atoms with Gasteiger partial charge in [0.15, 0.2) is 0 Å². The lowest BCUT2D eigenvalue weighted by Crippen LogP contribution is -2.55. The van der Waals surface area contributed by atoms with E-state index in [1.807, 2.05) is 30.7 Å². The Bertz CT molecular complexity index is 1440. The Morgan fingerprint density at radius 1 is 1.24 bits per heavy atom. The van der Waals surface area contributed by atoms with E-state index >= 15 is 0 Å². The Hall–Kier alpha value is -3.20. The molecule has 0 saturated carbocycles.